The quantitative estimate of drug-likeness (QED) is 0.643. The highest BCUT2D eigenvalue weighted by molar-refractivity contribution is 8.19. The summed E-state index contributed by atoms with van der Waals surface area (Å²) in [5.74, 6) is 0.606. The number of allylic oxidation sites excluding steroid dienone is 1. The number of aliphatic imine (C=N–C) groups is 1. The molecule has 4 rings (SSSR count). The molecule has 28 heavy (non-hydrogen) atoms. The summed E-state index contributed by atoms with van der Waals surface area (Å²) in [6, 6.07) is 21.8. The fraction of sp³-hybridized carbons (Fsp3) is 0.0455. The first-order valence-electron chi connectivity index (χ1n) is 8.71. The average Bonchev–Trinajstić information content (AvgIpc) is 3.05. The Morgan fingerprint density at radius 1 is 1.00 bits per heavy atom. The van der Waals surface area contributed by atoms with Crippen molar-refractivity contribution in [2.75, 3.05) is 4.90 Å². The van der Waals surface area contributed by atoms with E-state index in [1.807, 2.05) is 49.4 Å². The number of amides is 1. The number of pyridine rings is 1. The van der Waals surface area contributed by atoms with Gasteiger partial charge in [-0.1, -0.05) is 36.4 Å². The Labute approximate surface area is 167 Å². The Kier molecular flexibility index (Phi) is 4.95. The van der Waals surface area contributed by atoms with E-state index in [9.17, 15) is 9.90 Å². The van der Waals surface area contributed by atoms with E-state index in [0.717, 1.165) is 16.8 Å². The van der Waals surface area contributed by atoms with Crippen LogP contribution in [0.2, 0.25) is 0 Å². The van der Waals surface area contributed by atoms with E-state index < -0.39 is 0 Å². The number of phenols is 1. The van der Waals surface area contributed by atoms with Crippen LogP contribution in [0.1, 0.15) is 12.5 Å². The number of para-hydroxylation sites is 1. The summed E-state index contributed by atoms with van der Waals surface area (Å²) in [7, 11) is 0. The molecule has 0 spiro atoms. The molecule has 6 heteroatoms. The second-order valence-electron chi connectivity index (χ2n) is 6.16. The zero-order chi connectivity index (χ0) is 19.5. The highest BCUT2D eigenvalue weighted by atomic mass is 32.2. The van der Waals surface area contributed by atoms with E-state index in [4.69, 9.17) is 0 Å². The SMILES string of the molecule is C/C(=C1/S/C(=N/c2ccccn2)N(c2ccccc2)C1=O)c1ccc(O)cc1. The smallest absolute Gasteiger partial charge is 0.271 e. The predicted octanol–water partition coefficient (Wildman–Crippen LogP) is 4.99. The van der Waals surface area contributed by atoms with Crippen LogP contribution in [-0.2, 0) is 4.79 Å². The van der Waals surface area contributed by atoms with Crippen LogP contribution in [0.15, 0.2) is 88.9 Å². The normalized spacial score (nSPS) is 17.2. The summed E-state index contributed by atoms with van der Waals surface area (Å²) in [4.78, 5) is 24.4. The molecule has 0 saturated carbocycles. The number of benzene rings is 2. The average molecular weight is 387 g/mol. The lowest BCUT2D eigenvalue weighted by molar-refractivity contribution is -0.113. The number of amidine groups is 1. The van der Waals surface area contributed by atoms with Crippen LogP contribution in [0.4, 0.5) is 11.5 Å². The first-order chi connectivity index (χ1) is 13.6. The molecular weight excluding hydrogens is 370 g/mol. The zero-order valence-electron chi connectivity index (χ0n) is 15.1. The summed E-state index contributed by atoms with van der Waals surface area (Å²) in [5.41, 5.74) is 2.46. The number of anilines is 1. The number of carbonyl (C=O) groups is 1. The molecular formula is C22H17N3O2S. The van der Waals surface area contributed by atoms with E-state index in [0.29, 0.717) is 15.9 Å². The third-order valence-electron chi connectivity index (χ3n) is 4.30. The van der Waals surface area contributed by atoms with Gasteiger partial charge in [0.15, 0.2) is 11.0 Å². The van der Waals surface area contributed by atoms with Crippen LogP contribution in [0, 0.1) is 0 Å². The third kappa shape index (κ3) is 3.54. The van der Waals surface area contributed by atoms with Gasteiger partial charge in [0.1, 0.15) is 5.75 Å². The molecule has 0 atom stereocenters. The number of rotatable bonds is 3. The maximum Gasteiger partial charge on any atom is 0.271 e. The highest BCUT2D eigenvalue weighted by Gasteiger charge is 2.36. The van der Waals surface area contributed by atoms with Crippen LogP contribution in [0.5, 0.6) is 5.75 Å². The number of phenolic OH excluding ortho intramolecular Hbond substituents is 1. The standard InChI is InChI=1S/C22H17N3O2S/c1-15(16-10-12-18(26)13-11-16)20-21(27)25(17-7-3-2-4-8-17)22(28-20)24-19-9-5-6-14-23-19/h2-14,26H,1H3/b20-15-,24-22+. The molecule has 1 amide bonds. The van der Waals surface area contributed by atoms with Gasteiger partial charge in [0, 0.05) is 6.20 Å². The van der Waals surface area contributed by atoms with Crippen molar-refractivity contribution in [3.8, 4) is 5.75 Å². The second-order valence-corrected chi connectivity index (χ2v) is 7.14. The Morgan fingerprint density at radius 3 is 2.39 bits per heavy atom. The van der Waals surface area contributed by atoms with Gasteiger partial charge < -0.3 is 5.11 Å². The number of hydrogen-bond acceptors (Lipinski definition) is 5. The topological polar surface area (TPSA) is 65.8 Å². The van der Waals surface area contributed by atoms with Gasteiger partial charge in [0.2, 0.25) is 0 Å². The summed E-state index contributed by atoms with van der Waals surface area (Å²) in [5, 5.41) is 10.1. The van der Waals surface area contributed by atoms with E-state index in [-0.39, 0.29) is 11.7 Å². The molecule has 3 aromatic rings. The maximum atomic E-state index is 13.3. The zero-order valence-corrected chi connectivity index (χ0v) is 15.9. The Morgan fingerprint density at radius 2 is 1.71 bits per heavy atom. The number of hydrogen-bond donors (Lipinski definition) is 1. The maximum absolute atomic E-state index is 13.3. The van der Waals surface area contributed by atoms with Crippen molar-refractivity contribution in [3.05, 3.63) is 89.5 Å². The van der Waals surface area contributed by atoms with E-state index in [2.05, 4.69) is 9.98 Å². The second kappa shape index (κ2) is 7.70. The van der Waals surface area contributed by atoms with Crippen molar-refractivity contribution >= 4 is 39.9 Å². The Balaban J connectivity index is 1.81. The third-order valence-corrected chi connectivity index (χ3v) is 5.44. The predicted molar refractivity (Wildman–Crippen MR) is 114 cm³/mol. The minimum absolute atomic E-state index is 0.128. The first-order valence-corrected chi connectivity index (χ1v) is 9.52. The molecule has 1 aliphatic rings. The van der Waals surface area contributed by atoms with Gasteiger partial charge in [-0.3, -0.25) is 9.69 Å². The van der Waals surface area contributed by atoms with Crippen molar-refractivity contribution in [2.45, 2.75) is 6.92 Å². The van der Waals surface area contributed by atoms with Gasteiger partial charge in [-0.25, -0.2) is 9.98 Å². The van der Waals surface area contributed by atoms with E-state index in [1.165, 1.54) is 11.8 Å². The molecule has 5 nitrogen and oxygen atoms in total. The lowest BCUT2D eigenvalue weighted by atomic mass is 10.1. The molecule has 1 saturated heterocycles. The van der Waals surface area contributed by atoms with Crippen LogP contribution in [0.3, 0.4) is 0 Å². The summed E-state index contributed by atoms with van der Waals surface area (Å²) in [6.07, 6.45) is 1.67. The first kappa shape index (κ1) is 18.0. The number of thioether (sulfide) groups is 1. The summed E-state index contributed by atoms with van der Waals surface area (Å²) in [6.45, 7) is 1.90. The number of aromatic hydroxyl groups is 1. The van der Waals surface area contributed by atoms with Crippen LogP contribution in [0.25, 0.3) is 5.57 Å². The van der Waals surface area contributed by atoms with Crippen LogP contribution < -0.4 is 4.90 Å². The Bertz CT molecular complexity index is 1060. The molecule has 1 aliphatic heterocycles. The van der Waals surface area contributed by atoms with Crippen molar-refractivity contribution in [2.24, 2.45) is 4.99 Å². The fourth-order valence-electron chi connectivity index (χ4n) is 2.84. The van der Waals surface area contributed by atoms with Crippen molar-refractivity contribution < 1.29 is 9.90 Å². The number of nitrogens with zero attached hydrogens (tertiary/aromatic N) is 3. The highest BCUT2D eigenvalue weighted by Crippen LogP contribution is 2.40. The lowest BCUT2D eigenvalue weighted by Crippen LogP contribution is -2.28. The number of carbonyl (C=O) groups excluding carboxylic acids is 1. The molecule has 138 valence electrons. The van der Waals surface area contributed by atoms with Gasteiger partial charge in [-0.15, -0.1) is 0 Å². The minimum atomic E-state index is -0.128. The monoisotopic (exact) mass is 387 g/mol. The van der Waals surface area contributed by atoms with Gasteiger partial charge in [0.25, 0.3) is 5.91 Å². The van der Waals surface area contributed by atoms with Gasteiger partial charge in [-0.05, 0) is 66.2 Å². The lowest BCUT2D eigenvalue weighted by Gasteiger charge is -2.15. The Hall–Kier alpha value is -3.38. The number of aromatic nitrogens is 1. The largest absolute Gasteiger partial charge is 0.508 e. The summed E-state index contributed by atoms with van der Waals surface area (Å²) < 4.78 is 0. The minimum Gasteiger partial charge on any atom is -0.508 e. The van der Waals surface area contributed by atoms with Gasteiger partial charge >= 0.3 is 0 Å². The molecule has 0 bridgehead atoms. The molecule has 0 radical (unpaired) electrons. The molecule has 0 unspecified atom stereocenters. The van der Waals surface area contributed by atoms with E-state index >= 15 is 0 Å². The molecule has 0 aliphatic carbocycles. The van der Waals surface area contributed by atoms with Crippen LogP contribution >= 0.6 is 11.8 Å². The molecule has 1 aromatic heterocycles. The molecule has 2 heterocycles. The molecule has 1 N–H and O–H groups in total. The van der Waals surface area contributed by atoms with Crippen LogP contribution in [-0.4, -0.2) is 21.2 Å². The van der Waals surface area contributed by atoms with Crippen molar-refractivity contribution in [1.82, 2.24) is 4.98 Å². The molecule has 1 fully saturated rings. The molecule has 2 aromatic carbocycles. The van der Waals surface area contributed by atoms with Gasteiger partial charge in [-0.2, -0.15) is 0 Å². The van der Waals surface area contributed by atoms with Crippen molar-refractivity contribution in [3.63, 3.8) is 0 Å². The van der Waals surface area contributed by atoms with Gasteiger partial charge in [0.05, 0.1) is 10.6 Å². The van der Waals surface area contributed by atoms with Crippen molar-refractivity contribution in [1.29, 1.82) is 0 Å². The van der Waals surface area contributed by atoms with E-state index in [1.54, 1.807) is 41.4 Å². The summed E-state index contributed by atoms with van der Waals surface area (Å²) >= 11 is 1.33. The fourth-order valence-corrected chi connectivity index (χ4v) is 3.89.